The number of benzene rings is 4. The predicted octanol–water partition coefficient (Wildman–Crippen LogP) is 10.2. The summed E-state index contributed by atoms with van der Waals surface area (Å²) in [5.74, 6) is 0. The molecule has 0 saturated heterocycles. The van der Waals surface area contributed by atoms with Gasteiger partial charge < -0.3 is 15.2 Å². The molecule has 8 bridgehead atoms. The molecule has 2 aliphatic rings. The van der Waals surface area contributed by atoms with Crippen molar-refractivity contribution in [2.24, 2.45) is 0 Å². The zero-order valence-electron chi connectivity index (χ0n) is 28.0. The summed E-state index contributed by atoms with van der Waals surface area (Å²) < 4.78 is 0. The van der Waals surface area contributed by atoms with E-state index in [1.807, 2.05) is 24.3 Å². The summed E-state index contributed by atoms with van der Waals surface area (Å²) in [6.07, 6.45) is 8.41. The van der Waals surface area contributed by atoms with E-state index < -0.39 is 5.09 Å². The van der Waals surface area contributed by atoms with Crippen molar-refractivity contribution >= 4 is 46.4 Å². The van der Waals surface area contributed by atoms with Crippen LogP contribution in [0.2, 0.25) is 0 Å². The van der Waals surface area contributed by atoms with Crippen LogP contribution >= 0.6 is 0 Å². The van der Waals surface area contributed by atoms with Crippen LogP contribution in [0.4, 0.5) is 0 Å². The Morgan fingerprint density at radius 2 is 0.623 bits per heavy atom. The maximum absolute atomic E-state index is 8.36. The van der Waals surface area contributed by atoms with Gasteiger partial charge in [-0.2, -0.15) is 0 Å². The Kier molecular flexibility index (Phi) is 9.94. The number of nitrogens with zero attached hydrogens (tertiary/aromatic N) is 5. The van der Waals surface area contributed by atoms with E-state index in [0.717, 1.165) is 89.4 Å². The topological polar surface area (TPSA) is 117 Å². The van der Waals surface area contributed by atoms with Crippen molar-refractivity contribution in [2.75, 3.05) is 0 Å². The van der Waals surface area contributed by atoms with Gasteiger partial charge in [0, 0.05) is 0 Å². The number of rotatable bonds is 4. The number of hydrogen-bond acceptors (Lipinski definition) is 4. The van der Waals surface area contributed by atoms with Crippen LogP contribution in [0.1, 0.15) is 22.8 Å². The van der Waals surface area contributed by atoms with Crippen LogP contribution in [-0.2, 0) is 17.1 Å². The molecule has 3 aromatic heterocycles. The quantitative estimate of drug-likeness (QED) is 0.109. The Labute approximate surface area is 315 Å². The smallest absolute Gasteiger partial charge is 0.657 e. The molecule has 53 heavy (non-hydrogen) atoms. The third-order valence-corrected chi connectivity index (χ3v) is 8.86. The molecule has 9 heteroatoms. The van der Waals surface area contributed by atoms with Crippen LogP contribution in [0, 0.1) is 10.1 Å². The molecular weight excluding hydrogens is 701 g/mol. The molecule has 0 spiro atoms. The molecule has 0 aliphatic carbocycles. The number of fused-ring (bicyclic) bond motifs is 8. The summed E-state index contributed by atoms with van der Waals surface area (Å²) in [5, 5.41) is 13.6. The van der Waals surface area contributed by atoms with Crippen molar-refractivity contribution in [2.45, 2.75) is 0 Å². The Morgan fingerprint density at radius 3 is 0.830 bits per heavy atom. The molecule has 1 N–H and O–H groups in total. The average molecular weight is 731 g/mol. The molecule has 8 nitrogen and oxygen atoms in total. The van der Waals surface area contributed by atoms with Crippen molar-refractivity contribution in [3.63, 3.8) is 0 Å². The van der Waals surface area contributed by atoms with Gasteiger partial charge in [0.25, 0.3) is 5.09 Å². The maximum Gasteiger partial charge on any atom is 2.00 e. The minimum atomic E-state index is -1.50. The van der Waals surface area contributed by atoms with Gasteiger partial charge in [-0.25, -0.2) is 9.97 Å². The van der Waals surface area contributed by atoms with E-state index in [1.165, 1.54) is 0 Å². The summed E-state index contributed by atoms with van der Waals surface area (Å²) in [7, 11) is 0. The SMILES string of the molecule is C1=Cc2nc1c(-c1ccccc1)c1ccc([n-]1)c(-c1ccccc1)c1nc(c(-c3ccccc3)c3ccc([n-]3)c2-c2ccccc2)C=C1.O=[N+]([O-])O.[Mn+2]. The van der Waals surface area contributed by atoms with Gasteiger partial charge in [-0.15, -0.1) is 32.2 Å². The van der Waals surface area contributed by atoms with Gasteiger partial charge in [0.1, 0.15) is 0 Å². The second kappa shape index (κ2) is 15.2. The molecular formula is C44H29MnN5O3. The molecule has 0 unspecified atom stereocenters. The van der Waals surface area contributed by atoms with E-state index in [4.69, 9.17) is 35.3 Å². The van der Waals surface area contributed by atoms with E-state index in [-0.39, 0.29) is 17.1 Å². The molecule has 0 atom stereocenters. The molecule has 2 aliphatic heterocycles. The third kappa shape index (κ3) is 7.07. The van der Waals surface area contributed by atoms with Crippen molar-refractivity contribution in [3.8, 4) is 44.5 Å². The zero-order valence-corrected chi connectivity index (χ0v) is 29.2. The van der Waals surface area contributed by atoms with Gasteiger partial charge in [0.15, 0.2) is 0 Å². The summed E-state index contributed by atoms with van der Waals surface area (Å²) in [4.78, 5) is 29.6. The van der Waals surface area contributed by atoms with Crippen molar-refractivity contribution in [1.29, 1.82) is 0 Å². The van der Waals surface area contributed by atoms with Crippen LogP contribution < -0.4 is 9.97 Å². The first-order valence-electron chi connectivity index (χ1n) is 16.6. The molecule has 255 valence electrons. The van der Waals surface area contributed by atoms with E-state index in [1.54, 1.807) is 0 Å². The monoisotopic (exact) mass is 730 g/mol. The Hall–Kier alpha value is -6.80. The molecule has 0 fully saturated rings. The predicted molar refractivity (Wildman–Crippen MR) is 207 cm³/mol. The Bertz CT molecular complexity index is 2300. The minimum Gasteiger partial charge on any atom is -0.657 e. The van der Waals surface area contributed by atoms with Crippen LogP contribution in [0.15, 0.2) is 146 Å². The van der Waals surface area contributed by atoms with Gasteiger partial charge >= 0.3 is 17.1 Å². The fraction of sp³-hybridized carbons (Fsp3) is 0. The van der Waals surface area contributed by atoms with Crippen LogP contribution in [0.25, 0.3) is 90.9 Å². The average Bonchev–Trinajstić information content (AvgIpc) is 4.01. The zero-order chi connectivity index (χ0) is 35.4. The van der Waals surface area contributed by atoms with Crippen molar-refractivity contribution < 1.29 is 27.4 Å². The van der Waals surface area contributed by atoms with Crippen LogP contribution in [0.5, 0.6) is 0 Å². The minimum absolute atomic E-state index is 0. The fourth-order valence-corrected chi connectivity index (χ4v) is 6.69. The van der Waals surface area contributed by atoms with Crippen LogP contribution in [-0.4, -0.2) is 20.3 Å². The van der Waals surface area contributed by atoms with Gasteiger partial charge in [-0.1, -0.05) is 146 Å². The summed E-state index contributed by atoms with van der Waals surface area (Å²) >= 11 is 0. The molecule has 0 amide bonds. The van der Waals surface area contributed by atoms with E-state index in [2.05, 4.69) is 146 Å². The van der Waals surface area contributed by atoms with E-state index in [0.29, 0.717) is 0 Å². The molecule has 5 heterocycles. The first-order chi connectivity index (χ1) is 25.5. The van der Waals surface area contributed by atoms with Crippen molar-refractivity contribution in [1.82, 2.24) is 19.9 Å². The molecule has 7 aromatic rings. The summed E-state index contributed by atoms with van der Waals surface area (Å²) in [5.41, 5.74) is 15.0. The van der Waals surface area contributed by atoms with Gasteiger partial charge in [0.2, 0.25) is 0 Å². The van der Waals surface area contributed by atoms with Gasteiger partial charge in [-0.3, -0.25) is 0 Å². The normalized spacial score (nSPS) is 11.3. The first-order valence-corrected chi connectivity index (χ1v) is 16.6. The van der Waals surface area contributed by atoms with E-state index in [9.17, 15) is 0 Å². The third-order valence-electron chi connectivity index (χ3n) is 8.86. The molecule has 4 aromatic carbocycles. The number of aromatic nitrogens is 4. The summed E-state index contributed by atoms with van der Waals surface area (Å²) in [6.45, 7) is 0. The fourth-order valence-electron chi connectivity index (χ4n) is 6.69. The standard InChI is InChI=1S/C44H28N4.Mn.HNO3/c1-5-13-29(14-6-1)41-33-21-23-35(45-33)42(30-15-7-2-8-16-30)37-25-27-39(47-37)44(32-19-11-4-12-20-32)40-28-26-38(48-40)43(31-17-9-3-10-18-31)36-24-22-34(41)46-36;;2-1(3)4/h1-28H;;(H,2,3,4)/q-2;+2;. The largest absolute Gasteiger partial charge is 2.00 e. The Balaban J connectivity index is 0.000000831. The second-order valence-corrected chi connectivity index (χ2v) is 12.1. The second-order valence-electron chi connectivity index (χ2n) is 12.1. The van der Waals surface area contributed by atoms with Crippen molar-refractivity contribution in [3.05, 3.63) is 178 Å². The van der Waals surface area contributed by atoms with Crippen LogP contribution in [0.3, 0.4) is 0 Å². The van der Waals surface area contributed by atoms with E-state index >= 15 is 0 Å². The van der Waals surface area contributed by atoms with Gasteiger partial charge in [-0.05, 0) is 68.8 Å². The molecule has 0 saturated carbocycles. The first kappa shape index (κ1) is 34.6. The molecule has 1 radical (unpaired) electrons. The Morgan fingerprint density at radius 1 is 0.415 bits per heavy atom. The van der Waals surface area contributed by atoms with Gasteiger partial charge in [0.05, 0.1) is 22.8 Å². The summed E-state index contributed by atoms with van der Waals surface area (Å²) in [6, 6.07) is 50.0. The number of hydrogen-bond donors (Lipinski definition) is 1. The maximum atomic E-state index is 8.36. The molecule has 9 rings (SSSR count).